The normalized spacial score (nSPS) is 18.2. The summed E-state index contributed by atoms with van der Waals surface area (Å²) < 4.78 is 0. The summed E-state index contributed by atoms with van der Waals surface area (Å²) in [6.45, 7) is 8.93. The van der Waals surface area contributed by atoms with Crippen LogP contribution in [0.15, 0.2) is 54.6 Å². The molecular weight excluding hydrogens is 394 g/mol. The van der Waals surface area contributed by atoms with Gasteiger partial charge in [0.25, 0.3) is 0 Å². The molecule has 0 atom stereocenters. The van der Waals surface area contributed by atoms with E-state index in [1.807, 2.05) is 0 Å². The molecule has 5 rings (SSSR count). The highest BCUT2D eigenvalue weighted by molar-refractivity contribution is 5.96. The van der Waals surface area contributed by atoms with Crippen molar-refractivity contribution in [2.24, 2.45) is 0 Å². The summed E-state index contributed by atoms with van der Waals surface area (Å²) in [6, 6.07) is 19.5. The summed E-state index contributed by atoms with van der Waals surface area (Å²) in [5.41, 5.74) is 5.76. The van der Waals surface area contributed by atoms with Gasteiger partial charge in [-0.05, 0) is 57.2 Å². The monoisotopic (exact) mass is 429 g/mol. The number of piperidine rings is 1. The Hall–Kier alpha value is -2.63. The van der Waals surface area contributed by atoms with E-state index in [0.717, 1.165) is 56.0 Å². The zero-order valence-electron chi connectivity index (χ0n) is 19.3. The summed E-state index contributed by atoms with van der Waals surface area (Å²) >= 11 is 0. The molecule has 0 unspecified atom stereocenters. The molecule has 1 N–H and O–H groups in total. The molecule has 168 valence electrons. The van der Waals surface area contributed by atoms with Crippen LogP contribution in [0, 0.1) is 0 Å². The number of hydrogen-bond acceptors (Lipinski definition) is 5. The van der Waals surface area contributed by atoms with Gasteiger partial charge in [-0.2, -0.15) is 0 Å². The number of likely N-dealkylation sites (N-methyl/N-ethyl adjacent to an activating group) is 1. The molecule has 5 nitrogen and oxygen atoms in total. The van der Waals surface area contributed by atoms with Crippen LogP contribution in [-0.2, 0) is 0 Å². The maximum atomic E-state index is 5.03. The van der Waals surface area contributed by atoms with Gasteiger partial charge in [-0.3, -0.25) is 0 Å². The van der Waals surface area contributed by atoms with Crippen LogP contribution in [0.3, 0.4) is 0 Å². The van der Waals surface area contributed by atoms with Crippen molar-refractivity contribution in [3.8, 4) is 11.3 Å². The largest absolute Gasteiger partial charge is 0.383 e. The molecule has 3 heterocycles. The number of pyridine rings is 1. The maximum Gasteiger partial charge on any atom is 0.0731 e. The zero-order valence-corrected chi connectivity index (χ0v) is 19.3. The van der Waals surface area contributed by atoms with Gasteiger partial charge >= 0.3 is 0 Å². The van der Waals surface area contributed by atoms with Crippen LogP contribution >= 0.6 is 0 Å². The van der Waals surface area contributed by atoms with Crippen molar-refractivity contribution < 1.29 is 0 Å². The van der Waals surface area contributed by atoms with E-state index >= 15 is 0 Å². The first kappa shape index (κ1) is 21.2. The van der Waals surface area contributed by atoms with E-state index in [0.29, 0.717) is 0 Å². The summed E-state index contributed by atoms with van der Waals surface area (Å²) in [4.78, 5) is 12.5. The fraction of sp³-hybridized carbons (Fsp3) is 0.444. The van der Waals surface area contributed by atoms with Crippen LogP contribution in [0.4, 0.5) is 11.4 Å². The predicted octanol–water partition coefficient (Wildman–Crippen LogP) is 4.55. The minimum absolute atomic E-state index is 0.964. The number of hydrogen-bond donors (Lipinski definition) is 1. The molecule has 0 aliphatic carbocycles. The maximum absolute atomic E-state index is 5.03. The molecule has 0 bridgehead atoms. The SMILES string of the molecule is CN1CCN(c2ccc3nc(-c4ccccc4)cc(NCCN4CCCCC4)c3c2)CC1. The Morgan fingerprint density at radius 1 is 0.844 bits per heavy atom. The standard InChI is InChI=1S/C27H35N5/c1-30-16-18-32(19-17-30)23-10-11-25-24(20-23)27(28-12-15-31-13-6-3-7-14-31)21-26(29-25)22-8-4-2-5-9-22/h2,4-5,8-11,20-21H,3,6-7,12-19H2,1H3,(H,28,29). The second kappa shape index (κ2) is 9.88. The number of rotatable bonds is 6. The first-order chi connectivity index (χ1) is 15.8. The van der Waals surface area contributed by atoms with Crippen molar-refractivity contribution in [2.75, 3.05) is 69.6 Å². The second-order valence-corrected chi connectivity index (χ2v) is 9.24. The molecule has 2 fully saturated rings. The quantitative estimate of drug-likeness (QED) is 0.622. The number of nitrogens with zero attached hydrogens (tertiary/aromatic N) is 4. The molecule has 1 aromatic heterocycles. The lowest BCUT2D eigenvalue weighted by atomic mass is 10.1. The number of aromatic nitrogens is 1. The summed E-state index contributed by atoms with van der Waals surface area (Å²) in [7, 11) is 2.21. The van der Waals surface area contributed by atoms with Crippen molar-refractivity contribution >= 4 is 22.3 Å². The fourth-order valence-corrected chi connectivity index (χ4v) is 4.91. The average molecular weight is 430 g/mol. The number of nitrogens with one attached hydrogen (secondary N) is 1. The molecule has 0 saturated carbocycles. The van der Waals surface area contributed by atoms with Crippen molar-refractivity contribution in [1.82, 2.24) is 14.8 Å². The van der Waals surface area contributed by atoms with E-state index in [4.69, 9.17) is 4.98 Å². The zero-order chi connectivity index (χ0) is 21.8. The van der Waals surface area contributed by atoms with Crippen LogP contribution in [0.25, 0.3) is 22.2 Å². The van der Waals surface area contributed by atoms with Crippen LogP contribution in [0.1, 0.15) is 19.3 Å². The van der Waals surface area contributed by atoms with Gasteiger partial charge in [0.15, 0.2) is 0 Å². The highest BCUT2D eigenvalue weighted by Crippen LogP contribution is 2.31. The van der Waals surface area contributed by atoms with E-state index in [1.54, 1.807) is 0 Å². The molecule has 2 aromatic carbocycles. The Bertz CT molecular complexity index is 1020. The molecule has 5 heteroatoms. The van der Waals surface area contributed by atoms with Gasteiger partial charge in [0.2, 0.25) is 0 Å². The van der Waals surface area contributed by atoms with Crippen molar-refractivity contribution in [3.05, 3.63) is 54.6 Å². The third-order valence-electron chi connectivity index (χ3n) is 6.92. The topological polar surface area (TPSA) is 34.6 Å². The van der Waals surface area contributed by atoms with E-state index in [1.165, 1.54) is 49.1 Å². The Morgan fingerprint density at radius 2 is 1.62 bits per heavy atom. The lowest BCUT2D eigenvalue weighted by molar-refractivity contribution is 0.237. The third kappa shape index (κ3) is 4.89. The average Bonchev–Trinajstić information content (AvgIpc) is 2.85. The third-order valence-corrected chi connectivity index (χ3v) is 6.92. The van der Waals surface area contributed by atoms with Gasteiger partial charge in [0, 0.05) is 61.6 Å². The van der Waals surface area contributed by atoms with E-state index in [-0.39, 0.29) is 0 Å². The number of likely N-dealkylation sites (tertiary alicyclic amines) is 1. The van der Waals surface area contributed by atoms with Gasteiger partial charge in [-0.15, -0.1) is 0 Å². The molecule has 32 heavy (non-hydrogen) atoms. The molecule has 2 saturated heterocycles. The minimum Gasteiger partial charge on any atom is -0.383 e. The molecule has 2 aliphatic heterocycles. The predicted molar refractivity (Wildman–Crippen MR) is 136 cm³/mol. The molecule has 3 aromatic rings. The van der Waals surface area contributed by atoms with Crippen LogP contribution in [0.2, 0.25) is 0 Å². The summed E-state index contributed by atoms with van der Waals surface area (Å²) in [5.74, 6) is 0. The van der Waals surface area contributed by atoms with Crippen molar-refractivity contribution in [1.29, 1.82) is 0 Å². The highest BCUT2D eigenvalue weighted by Gasteiger charge is 2.16. The van der Waals surface area contributed by atoms with Crippen LogP contribution in [0.5, 0.6) is 0 Å². The molecule has 0 amide bonds. The smallest absolute Gasteiger partial charge is 0.0731 e. The number of anilines is 2. The molecular formula is C27H35N5. The van der Waals surface area contributed by atoms with Gasteiger partial charge in [-0.25, -0.2) is 4.98 Å². The molecule has 2 aliphatic rings. The first-order valence-corrected chi connectivity index (χ1v) is 12.2. The van der Waals surface area contributed by atoms with Crippen molar-refractivity contribution in [3.63, 3.8) is 0 Å². The van der Waals surface area contributed by atoms with E-state index < -0.39 is 0 Å². The highest BCUT2D eigenvalue weighted by atomic mass is 15.2. The number of benzene rings is 2. The van der Waals surface area contributed by atoms with Gasteiger partial charge in [-0.1, -0.05) is 36.8 Å². The lowest BCUT2D eigenvalue weighted by Crippen LogP contribution is -2.44. The summed E-state index contributed by atoms with van der Waals surface area (Å²) in [6.07, 6.45) is 4.06. The Morgan fingerprint density at radius 3 is 2.41 bits per heavy atom. The second-order valence-electron chi connectivity index (χ2n) is 9.24. The van der Waals surface area contributed by atoms with Gasteiger partial charge in [0.1, 0.15) is 0 Å². The first-order valence-electron chi connectivity index (χ1n) is 12.2. The lowest BCUT2D eigenvalue weighted by Gasteiger charge is -2.34. The van der Waals surface area contributed by atoms with E-state index in [2.05, 4.69) is 81.7 Å². The van der Waals surface area contributed by atoms with Gasteiger partial charge in [0.05, 0.1) is 11.2 Å². The number of piperazine rings is 1. The Kier molecular flexibility index (Phi) is 6.56. The molecule has 0 radical (unpaired) electrons. The van der Waals surface area contributed by atoms with Crippen LogP contribution in [-0.4, -0.2) is 74.2 Å². The number of fused-ring (bicyclic) bond motifs is 1. The van der Waals surface area contributed by atoms with E-state index in [9.17, 15) is 0 Å². The minimum atomic E-state index is 0.964. The van der Waals surface area contributed by atoms with Crippen LogP contribution < -0.4 is 10.2 Å². The van der Waals surface area contributed by atoms with Gasteiger partial charge < -0.3 is 20.0 Å². The summed E-state index contributed by atoms with van der Waals surface area (Å²) in [5, 5.41) is 5.00. The Balaban J connectivity index is 1.44. The van der Waals surface area contributed by atoms with Crippen molar-refractivity contribution in [2.45, 2.75) is 19.3 Å². The molecule has 0 spiro atoms. The Labute approximate surface area is 192 Å². The fourth-order valence-electron chi connectivity index (χ4n) is 4.91.